The van der Waals surface area contributed by atoms with E-state index in [1.807, 2.05) is 0 Å². The van der Waals surface area contributed by atoms with E-state index in [4.69, 9.17) is 16.7 Å². The van der Waals surface area contributed by atoms with Crippen LogP contribution in [0.5, 0.6) is 0 Å². The molecule has 0 atom stereocenters. The second-order valence-electron chi connectivity index (χ2n) is 2.31. The van der Waals surface area contributed by atoms with Crippen molar-refractivity contribution in [3.05, 3.63) is 17.3 Å². The van der Waals surface area contributed by atoms with E-state index in [-0.39, 0.29) is 17.2 Å². The van der Waals surface area contributed by atoms with Gasteiger partial charge in [-0.1, -0.05) is 0 Å². The van der Waals surface area contributed by atoms with Crippen molar-refractivity contribution in [2.24, 2.45) is 0 Å². The normalized spacial score (nSPS) is 10.0. The molecule has 1 rings (SSSR count). The molecule has 0 saturated carbocycles. The number of rotatable bonds is 1. The van der Waals surface area contributed by atoms with E-state index in [0.717, 1.165) is 6.07 Å². The minimum absolute atomic E-state index is 0.0469. The highest BCUT2D eigenvalue weighted by Crippen LogP contribution is 2.25. The molecule has 4 N–H and O–H groups in total. The average molecular weight is 184 g/mol. The summed E-state index contributed by atoms with van der Waals surface area (Å²) >= 11 is 0. The lowest BCUT2D eigenvalue weighted by atomic mass is 10.2. The zero-order valence-corrected chi connectivity index (χ0v) is 6.46. The van der Waals surface area contributed by atoms with Crippen LogP contribution < -0.4 is 11.5 Å². The fourth-order valence-electron chi connectivity index (χ4n) is 0.815. The van der Waals surface area contributed by atoms with Crippen LogP contribution in [0, 0.1) is 11.3 Å². The Morgan fingerprint density at radius 2 is 2.08 bits per heavy atom. The van der Waals surface area contributed by atoms with Gasteiger partial charge in [0.2, 0.25) is 0 Å². The Labute approximate surface area is 72.8 Å². The minimum Gasteiger partial charge on any atom is -0.396 e. The smallest absolute Gasteiger partial charge is 0.266 e. The molecule has 0 unspecified atom stereocenters. The maximum Gasteiger partial charge on any atom is 0.266 e. The van der Waals surface area contributed by atoms with Crippen molar-refractivity contribution in [2.75, 3.05) is 11.5 Å². The first-order valence-electron chi connectivity index (χ1n) is 3.30. The lowest BCUT2D eigenvalue weighted by molar-refractivity contribution is 0.150. The third-order valence-electron chi connectivity index (χ3n) is 1.45. The van der Waals surface area contributed by atoms with Crippen molar-refractivity contribution < 1.29 is 8.78 Å². The van der Waals surface area contributed by atoms with E-state index >= 15 is 0 Å². The van der Waals surface area contributed by atoms with Crippen molar-refractivity contribution in [3.63, 3.8) is 0 Å². The van der Waals surface area contributed by atoms with Crippen LogP contribution in [-0.4, -0.2) is 4.98 Å². The first-order valence-corrected chi connectivity index (χ1v) is 3.30. The molecule has 0 fully saturated rings. The second-order valence-corrected chi connectivity index (χ2v) is 2.31. The molecule has 6 heteroatoms. The summed E-state index contributed by atoms with van der Waals surface area (Å²) in [5, 5.41) is 8.44. The highest BCUT2D eigenvalue weighted by molar-refractivity contribution is 5.61. The Kier molecular flexibility index (Phi) is 2.28. The van der Waals surface area contributed by atoms with Crippen LogP contribution in [0.15, 0.2) is 6.07 Å². The Balaban J connectivity index is 3.35. The second kappa shape index (κ2) is 3.23. The standard InChI is InChI=1S/C7H6F2N4/c8-6(9)3-1-4(11)7(12)13-5(3)2-10/h1,6H,11H2,(H2,12,13). The van der Waals surface area contributed by atoms with Gasteiger partial charge in [0.25, 0.3) is 6.43 Å². The zero-order chi connectivity index (χ0) is 10.0. The maximum absolute atomic E-state index is 12.2. The van der Waals surface area contributed by atoms with Crippen LogP contribution in [0.25, 0.3) is 0 Å². The van der Waals surface area contributed by atoms with Gasteiger partial charge in [0, 0.05) is 0 Å². The van der Waals surface area contributed by atoms with E-state index in [1.165, 1.54) is 6.07 Å². The van der Waals surface area contributed by atoms with E-state index in [1.54, 1.807) is 0 Å². The highest BCUT2D eigenvalue weighted by atomic mass is 19.3. The first-order chi connectivity index (χ1) is 6.06. The highest BCUT2D eigenvalue weighted by Gasteiger charge is 2.15. The molecular formula is C7H6F2N4. The SMILES string of the molecule is N#Cc1nc(N)c(N)cc1C(F)F. The van der Waals surface area contributed by atoms with Crippen molar-refractivity contribution >= 4 is 11.5 Å². The predicted octanol–water partition coefficient (Wildman–Crippen LogP) is 1.06. The van der Waals surface area contributed by atoms with Crippen LogP contribution in [-0.2, 0) is 0 Å². The molecule has 0 spiro atoms. The van der Waals surface area contributed by atoms with Gasteiger partial charge in [-0.05, 0) is 6.07 Å². The summed E-state index contributed by atoms with van der Waals surface area (Å²) < 4.78 is 24.5. The molecule has 0 saturated heterocycles. The summed E-state index contributed by atoms with van der Waals surface area (Å²) in [5.74, 6) is -0.110. The van der Waals surface area contributed by atoms with Gasteiger partial charge in [-0.25, -0.2) is 13.8 Å². The predicted molar refractivity (Wildman–Crippen MR) is 42.7 cm³/mol. The van der Waals surface area contributed by atoms with Crippen LogP contribution >= 0.6 is 0 Å². The summed E-state index contributed by atoms with van der Waals surface area (Å²) in [4.78, 5) is 3.42. The van der Waals surface area contributed by atoms with Crippen molar-refractivity contribution in [1.29, 1.82) is 5.26 Å². The number of nitrogen functional groups attached to an aromatic ring is 2. The number of anilines is 2. The molecule has 0 bridgehead atoms. The molecule has 0 aliphatic rings. The number of aromatic nitrogens is 1. The third-order valence-corrected chi connectivity index (χ3v) is 1.45. The van der Waals surface area contributed by atoms with Crippen LogP contribution in [0.2, 0.25) is 0 Å². The summed E-state index contributed by atoms with van der Waals surface area (Å²) in [5.41, 5.74) is 9.56. The molecule has 0 aliphatic heterocycles. The molecule has 68 valence electrons. The monoisotopic (exact) mass is 184 g/mol. The topological polar surface area (TPSA) is 88.7 Å². The van der Waals surface area contributed by atoms with Crippen LogP contribution in [0.3, 0.4) is 0 Å². The van der Waals surface area contributed by atoms with Gasteiger partial charge in [-0.3, -0.25) is 0 Å². The van der Waals surface area contributed by atoms with Crippen molar-refractivity contribution in [3.8, 4) is 6.07 Å². The number of alkyl halides is 2. The van der Waals surface area contributed by atoms with Gasteiger partial charge in [-0.2, -0.15) is 5.26 Å². The third kappa shape index (κ3) is 1.64. The van der Waals surface area contributed by atoms with Gasteiger partial charge >= 0.3 is 0 Å². The van der Waals surface area contributed by atoms with E-state index < -0.39 is 12.0 Å². The molecule has 0 aromatic carbocycles. The lowest BCUT2D eigenvalue weighted by Crippen LogP contribution is -2.03. The number of nitrogens with zero attached hydrogens (tertiary/aromatic N) is 2. The number of nitrogens with two attached hydrogens (primary N) is 2. The summed E-state index contributed by atoms with van der Waals surface area (Å²) in [6, 6.07) is 2.48. The minimum atomic E-state index is -2.77. The molecule has 0 radical (unpaired) electrons. The molecule has 1 aromatic rings. The van der Waals surface area contributed by atoms with Gasteiger partial charge in [0.05, 0.1) is 11.3 Å². The molecule has 1 heterocycles. The summed E-state index contributed by atoms with van der Waals surface area (Å²) in [6.07, 6.45) is -2.77. The Morgan fingerprint density at radius 1 is 1.46 bits per heavy atom. The fraction of sp³-hybridized carbons (Fsp3) is 0.143. The molecule has 4 nitrogen and oxygen atoms in total. The first kappa shape index (κ1) is 9.19. The molecule has 1 aromatic heterocycles. The average Bonchev–Trinajstić information content (AvgIpc) is 2.08. The summed E-state index contributed by atoms with van der Waals surface area (Å²) in [7, 11) is 0. The van der Waals surface area contributed by atoms with Gasteiger partial charge in [0.1, 0.15) is 11.9 Å². The molecule has 13 heavy (non-hydrogen) atoms. The van der Waals surface area contributed by atoms with Crippen molar-refractivity contribution in [2.45, 2.75) is 6.43 Å². The van der Waals surface area contributed by atoms with Crippen molar-refractivity contribution in [1.82, 2.24) is 4.98 Å². The molecule has 0 aliphatic carbocycles. The molecule has 0 amide bonds. The Hall–Kier alpha value is -1.90. The van der Waals surface area contributed by atoms with E-state index in [2.05, 4.69) is 4.98 Å². The number of nitriles is 1. The van der Waals surface area contributed by atoms with Gasteiger partial charge in [0.15, 0.2) is 5.69 Å². The molecular weight excluding hydrogens is 178 g/mol. The maximum atomic E-state index is 12.2. The quantitative estimate of drug-likeness (QED) is 0.682. The largest absolute Gasteiger partial charge is 0.396 e. The van der Waals surface area contributed by atoms with E-state index in [9.17, 15) is 8.78 Å². The number of hydrogen-bond donors (Lipinski definition) is 2. The van der Waals surface area contributed by atoms with Gasteiger partial charge in [-0.15, -0.1) is 0 Å². The summed E-state index contributed by atoms with van der Waals surface area (Å²) in [6.45, 7) is 0. The van der Waals surface area contributed by atoms with Crippen LogP contribution in [0.4, 0.5) is 20.3 Å². The van der Waals surface area contributed by atoms with E-state index in [0.29, 0.717) is 0 Å². The zero-order valence-electron chi connectivity index (χ0n) is 6.46. The Morgan fingerprint density at radius 3 is 2.54 bits per heavy atom. The number of hydrogen-bond acceptors (Lipinski definition) is 4. The van der Waals surface area contributed by atoms with Crippen LogP contribution in [0.1, 0.15) is 17.7 Å². The Bertz CT molecular complexity index is 369. The lowest BCUT2D eigenvalue weighted by Gasteiger charge is -2.04. The van der Waals surface area contributed by atoms with Gasteiger partial charge < -0.3 is 11.5 Å². The fourth-order valence-corrected chi connectivity index (χ4v) is 0.815. The number of halogens is 2. The number of pyridine rings is 1.